The van der Waals surface area contributed by atoms with E-state index in [2.05, 4.69) is 11.1 Å². The van der Waals surface area contributed by atoms with Crippen LogP contribution in [-0.4, -0.2) is 32.4 Å². The van der Waals surface area contributed by atoms with Crippen LogP contribution in [-0.2, 0) is 11.3 Å². The molecule has 0 aromatic carbocycles. The van der Waals surface area contributed by atoms with Crippen molar-refractivity contribution >= 4 is 6.09 Å². The van der Waals surface area contributed by atoms with E-state index in [-0.39, 0.29) is 6.54 Å². The van der Waals surface area contributed by atoms with Crippen LogP contribution in [0, 0.1) is 0 Å². The molecule has 1 aliphatic rings. The molecule has 22 heavy (non-hydrogen) atoms. The Labute approximate surface area is 131 Å². The number of cyclic esters (lactones) is 1. The lowest BCUT2D eigenvalue weighted by Gasteiger charge is -2.37. The van der Waals surface area contributed by atoms with Gasteiger partial charge in [0.1, 0.15) is 0 Å². The topological polar surface area (TPSA) is 62.7 Å². The van der Waals surface area contributed by atoms with Crippen LogP contribution in [0.15, 0.2) is 36.0 Å². The lowest BCUT2D eigenvalue weighted by molar-refractivity contribution is -0.141. The zero-order chi connectivity index (χ0) is 16.4. The molecule has 0 saturated carbocycles. The second-order valence-electron chi connectivity index (χ2n) is 6.35. The number of pyridine rings is 1. The molecule has 2 rings (SSSR count). The maximum absolute atomic E-state index is 12.2. The van der Waals surface area contributed by atoms with Crippen LogP contribution in [0.3, 0.4) is 0 Å². The van der Waals surface area contributed by atoms with Crippen LogP contribution in [0.2, 0.25) is 0 Å². The second-order valence-corrected chi connectivity index (χ2v) is 6.35. The van der Waals surface area contributed by atoms with Crippen molar-refractivity contribution in [2.24, 2.45) is 0 Å². The summed E-state index contributed by atoms with van der Waals surface area (Å²) in [6.07, 6.45) is 4.56. The van der Waals surface area contributed by atoms with Gasteiger partial charge < -0.3 is 9.84 Å². The van der Waals surface area contributed by atoms with E-state index in [4.69, 9.17) is 4.74 Å². The van der Waals surface area contributed by atoms with E-state index in [0.29, 0.717) is 12.1 Å². The number of hydrogen-bond acceptors (Lipinski definition) is 4. The molecule has 1 saturated heterocycles. The van der Waals surface area contributed by atoms with Gasteiger partial charge in [-0.2, -0.15) is 0 Å². The largest absolute Gasteiger partial charge is 0.438 e. The van der Waals surface area contributed by atoms with Crippen molar-refractivity contribution < 1.29 is 14.6 Å². The minimum atomic E-state index is -1.38. The van der Waals surface area contributed by atoms with Gasteiger partial charge in [-0.15, -0.1) is 0 Å². The van der Waals surface area contributed by atoms with Gasteiger partial charge in [-0.25, -0.2) is 4.79 Å². The van der Waals surface area contributed by atoms with Crippen LogP contribution in [0.4, 0.5) is 4.79 Å². The lowest BCUT2D eigenvalue weighted by Crippen LogP contribution is -2.54. The summed E-state index contributed by atoms with van der Waals surface area (Å²) in [5, 5.41) is 10.9. The van der Waals surface area contributed by atoms with Gasteiger partial charge in [0, 0.05) is 6.20 Å². The quantitative estimate of drug-likeness (QED) is 0.848. The number of allylic oxidation sites excluding steroid dienone is 2. The molecule has 0 bridgehead atoms. The summed E-state index contributed by atoms with van der Waals surface area (Å²) in [6.45, 7) is 7.68. The molecule has 1 aromatic rings. The van der Waals surface area contributed by atoms with Gasteiger partial charge in [0.05, 0.1) is 12.2 Å². The van der Waals surface area contributed by atoms with Gasteiger partial charge in [-0.05, 0) is 52.7 Å². The summed E-state index contributed by atoms with van der Waals surface area (Å²) in [6, 6.07) is 5.49. The number of carbonyl (C=O) groups is 1. The summed E-state index contributed by atoms with van der Waals surface area (Å²) in [4.78, 5) is 17.8. The molecule has 0 aliphatic carbocycles. The number of nitrogens with zero attached hydrogens (tertiary/aromatic N) is 2. The molecule has 1 N–H and O–H groups in total. The minimum absolute atomic E-state index is 0.227. The number of hydrogen-bond donors (Lipinski definition) is 1. The monoisotopic (exact) mass is 304 g/mol. The van der Waals surface area contributed by atoms with Crippen LogP contribution < -0.4 is 0 Å². The standard InChI is InChI=1S/C17H24N2O3/c1-13(2)8-7-10-16(3)17(4,21)19(15(20)22-16)12-14-9-5-6-11-18-14/h5-6,8-9,11,21H,7,10,12H2,1-4H3/t16-,17-/m0/s1. The Morgan fingerprint density at radius 2 is 2.14 bits per heavy atom. The first-order chi connectivity index (χ1) is 10.3. The summed E-state index contributed by atoms with van der Waals surface area (Å²) in [5.74, 6) is 0. The molecule has 120 valence electrons. The molecular formula is C17H24N2O3. The molecule has 5 heteroatoms. The number of carbonyl (C=O) groups excluding carboxylic acids is 1. The summed E-state index contributed by atoms with van der Waals surface area (Å²) in [5.41, 5.74) is -0.395. The van der Waals surface area contributed by atoms with Crippen LogP contribution in [0.1, 0.15) is 46.2 Å². The molecular weight excluding hydrogens is 280 g/mol. The van der Waals surface area contributed by atoms with Gasteiger partial charge in [0.25, 0.3) is 0 Å². The third-order valence-electron chi connectivity index (χ3n) is 4.28. The van der Waals surface area contributed by atoms with Gasteiger partial charge in [0.15, 0.2) is 11.3 Å². The minimum Gasteiger partial charge on any atom is -0.438 e. The predicted octanol–water partition coefficient (Wildman–Crippen LogP) is 3.25. The van der Waals surface area contributed by atoms with Crippen LogP contribution in [0.25, 0.3) is 0 Å². The number of rotatable bonds is 5. The average Bonchev–Trinajstić information content (AvgIpc) is 2.60. The smallest absolute Gasteiger partial charge is 0.413 e. The first-order valence-electron chi connectivity index (χ1n) is 7.52. The summed E-state index contributed by atoms with van der Waals surface area (Å²) < 4.78 is 5.51. The van der Waals surface area contributed by atoms with Crippen LogP contribution >= 0.6 is 0 Å². The molecule has 2 heterocycles. The van der Waals surface area contributed by atoms with E-state index < -0.39 is 17.4 Å². The normalized spacial score (nSPS) is 27.7. The third-order valence-corrected chi connectivity index (χ3v) is 4.28. The van der Waals surface area contributed by atoms with Crippen molar-refractivity contribution in [2.45, 2.75) is 58.4 Å². The highest BCUT2D eigenvalue weighted by Crippen LogP contribution is 2.41. The molecule has 5 nitrogen and oxygen atoms in total. The average molecular weight is 304 g/mol. The molecule has 0 radical (unpaired) electrons. The molecule has 0 unspecified atom stereocenters. The van der Waals surface area contributed by atoms with Gasteiger partial charge >= 0.3 is 6.09 Å². The maximum atomic E-state index is 12.2. The zero-order valence-corrected chi connectivity index (χ0v) is 13.7. The fourth-order valence-corrected chi connectivity index (χ4v) is 2.60. The Kier molecular flexibility index (Phi) is 4.56. The van der Waals surface area contributed by atoms with Crippen molar-refractivity contribution in [3.05, 3.63) is 41.7 Å². The van der Waals surface area contributed by atoms with Crippen molar-refractivity contribution in [1.82, 2.24) is 9.88 Å². The highest BCUT2D eigenvalue weighted by molar-refractivity contribution is 5.72. The van der Waals surface area contributed by atoms with Crippen molar-refractivity contribution in [1.29, 1.82) is 0 Å². The number of ether oxygens (including phenoxy) is 1. The molecule has 2 atom stereocenters. The Morgan fingerprint density at radius 3 is 2.73 bits per heavy atom. The van der Waals surface area contributed by atoms with E-state index in [1.54, 1.807) is 20.0 Å². The Morgan fingerprint density at radius 1 is 1.41 bits per heavy atom. The summed E-state index contributed by atoms with van der Waals surface area (Å²) >= 11 is 0. The SMILES string of the molecule is CC(C)=CCC[C@]1(C)OC(=O)N(Cc2ccccn2)[C@@]1(C)O. The van der Waals surface area contributed by atoms with E-state index in [1.807, 2.05) is 32.0 Å². The molecule has 0 spiro atoms. The first kappa shape index (κ1) is 16.5. The molecule has 1 fully saturated rings. The fraction of sp³-hybridized carbons (Fsp3) is 0.529. The maximum Gasteiger partial charge on any atom is 0.413 e. The number of amides is 1. The second kappa shape index (κ2) is 6.08. The van der Waals surface area contributed by atoms with Crippen molar-refractivity contribution in [3.63, 3.8) is 0 Å². The highest BCUT2D eigenvalue weighted by Gasteiger charge is 2.58. The zero-order valence-electron chi connectivity index (χ0n) is 13.7. The van der Waals surface area contributed by atoms with Gasteiger partial charge in [-0.1, -0.05) is 17.7 Å². The third kappa shape index (κ3) is 3.14. The number of aliphatic hydroxyl groups is 1. The predicted molar refractivity (Wildman–Crippen MR) is 84.0 cm³/mol. The molecule has 1 aliphatic heterocycles. The van der Waals surface area contributed by atoms with Gasteiger partial charge in [-0.3, -0.25) is 9.88 Å². The summed E-state index contributed by atoms with van der Waals surface area (Å²) in [7, 11) is 0. The van der Waals surface area contributed by atoms with Crippen molar-refractivity contribution in [3.8, 4) is 0 Å². The van der Waals surface area contributed by atoms with E-state index >= 15 is 0 Å². The highest BCUT2D eigenvalue weighted by atomic mass is 16.6. The van der Waals surface area contributed by atoms with E-state index in [1.165, 1.54) is 10.5 Å². The Bertz CT molecular complexity index is 565. The first-order valence-corrected chi connectivity index (χ1v) is 7.52. The number of aromatic nitrogens is 1. The van der Waals surface area contributed by atoms with E-state index in [9.17, 15) is 9.90 Å². The van der Waals surface area contributed by atoms with E-state index in [0.717, 1.165) is 6.42 Å². The van der Waals surface area contributed by atoms with Gasteiger partial charge in [0.2, 0.25) is 0 Å². The Balaban J connectivity index is 2.16. The lowest BCUT2D eigenvalue weighted by atomic mass is 9.88. The fourth-order valence-electron chi connectivity index (χ4n) is 2.60. The molecule has 1 amide bonds. The van der Waals surface area contributed by atoms with Crippen molar-refractivity contribution in [2.75, 3.05) is 0 Å². The van der Waals surface area contributed by atoms with Crippen LogP contribution in [0.5, 0.6) is 0 Å². The molecule has 1 aromatic heterocycles. The Hall–Kier alpha value is -1.88.